The third-order valence-corrected chi connectivity index (χ3v) is 4.05. The topological polar surface area (TPSA) is 12.4 Å². The number of thiocarbonyl (C=S) groups is 2. The molecule has 0 aromatic rings. The van der Waals surface area contributed by atoms with E-state index in [-0.39, 0.29) is 0 Å². The van der Waals surface area contributed by atoms with Gasteiger partial charge in [0.05, 0.1) is 11.2 Å². The van der Waals surface area contributed by atoms with Crippen LogP contribution in [0.15, 0.2) is 4.99 Å². The van der Waals surface area contributed by atoms with Crippen molar-refractivity contribution in [1.29, 1.82) is 0 Å². The van der Waals surface area contributed by atoms with Gasteiger partial charge in [-0.3, -0.25) is 0 Å². The van der Waals surface area contributed by atoms with Crippen molar-refractivity contribution in [3.8, 4) is 0 Å². The average Bonchev–Trinajstić information content (AvgIpc) is 2.12. The van der Waals surface area contributed by atoms with Crippen LogP contribution in [0.25, 0.3) is 0 Å². The Balaban J connectivity index is 2.76. The molecule has 0 amide bonds. The number of nitrogens with zero attached hydrogens (tertiary/aromatic N) is 1. The second-order valence-corrected chi connectivity index (χ2v) is 7.52. The predicted octanol–water partition coefficient (Wildman–Crippen LogP) is 4.84. The van der Waals surface area contributed by atoms with Crippen molar-refractivity contribution < 1.29 is 0 Å². The number of hydrogen-bond donors (Lipinski definition) is 0. The zero-order valence-electron chi connectivity index (χ0n) is 11.4. The second-order valence-electron chi connectivity index (χ2n) is 6.64. The summed E-state index contributed by atoms with van der Waals surface area (Å²) in [6.07, 6.45) is 5.74. The fourth-order valence-electron chi connectivity index (χ4n) is 3.41. The van der Waals surface area contributed by atoms with Gasteiger partial charge in [0.1, 0.15) is 0 Å². The van der Waals surface area contributed by atoms with Gasteiger partial charge in [-0.25, -0.2) is 4.99 Å². The van der Waals surface area contributed by atoms with E-state index in [1.54, 1.807) is 0 Å². The van der Waals surface area contributed by atoms with Crippen LogP contribution in [0.4, 0.5) is 0 Å². The maximum Gasteiger partial charge on any atom is 0.0613 e. The van der Waals surface area contributed by atoms with Crippen LogP contribution < -0.4 is 0 Å². The van der Waals surface area contributed by atoms with Gasteiger partial charge in [-0.05, 0) is 66.9 Å². The highest BCUT2D eigenvalue weighted by Crippen LogP contribution is 2.49. The Bertz CT molecular complexity index is 342. The summed E-state index contributed by atoms with van der Waals surface area (Å²) < 4.78 is 0. The summed E-state index contributed by atoms with van der Waals surface area (Å²) in [4.78, 5) is 5.45. The van der Waals surface area contributed by atoms with Gasteiger partial charge in [0.15, 0.2) is 0 Å². The SMILES string of the molecule is CC(=S)CCC1(C)CC(N=C=S)CC(C)(C)C1. The molecule has 17 heavy (non-hydrogen) atoms. The minimum absolute atomic E-state index is 0.349. The molecule has 0 radical (unpaired) electrons. The quantitative estimate of drug-likeness (QED) is 0.534. The molecule has 0 saturated heterocycles. The number of rotatable bonds is 4. The Labute approximate surface area is 116 Å². The normalized spacial score (nSPS) is 31.6. The van der Waals surface area contributed by atoms with Crippen molar-refractivity contribution in [2.24, 2.45) is 15.8 Å². The second kappa shape index (κ2) is 5.69. The molecule has 0 aromatic carbocycles. The molecule has 2 unspecified atom stereocenters. The smallest absolute Gasteiger partial charge is 0.0613 e. The molecule has 2 atom stereocenters. The lowest BCUT2D eigenvalue weighted by Gasteiger charge is -2.45. The van der Waals surface area contributed by atoms with Gasteiger partial charge in [0.25, 0.3) is 0 Å². The zero-order valence-corrected chi connectivity index (χ0v) is 13.0. The molecule has 0 aromatic heterocycles. The molecule has 0 aliphatic heterocycles. The molecule has 1 aliphatic carbocycles. The molecule has 1 saturated carbocycles. The van der Waals surface area contributed by atoms with Gasteiger partial charge in [0.2, 0.25) is 0 Å². The molecule has 0 spiro atoms. The first kappa shape index (κ1) is 14.9. The predicted molar refractivity (Wildman–Crippen MR) is 82.1 cm³/mol. The van der Waals surface area contributed by atoms with E-state index in [9.17, 15) is 0 Å². The highest BCUT2D eigenvalue weighted by Gasteiger charge is 2.40. The molecule has 1 fully saturated rings. The van der Waals surface area contributed by atoms with Crippen LogP contribution in [0.5, 0.6) is 0 Å². The van der Waals surface area contributed by atoms with Crippen molar-refractivity contribution >= 4 is 34.5 Å². The zero-order chi connectivity index (χ0) is 13.1. The molecule has 1 aliphatic rings. The molecule has 0 N–H and O–H groups in total. The lowest BCUT2D eigenvalue weighted by molar-refractivity contribution is 0.0788. The first-order valence-corrected chi connectivity index (χ1v) is 7.14. The van der Waals surface area contributed by atoms with E-state index in [1.807, 2.05) is 6.92 Å². The summed E-state index contributed by atoms with van der Waals surface area (Å²) in [5.74, 6) is 0. The van der Waals surface area contributed by atoms with Crippen molar-refractivity contribution in [1.82, 2.24) is 0 Å². The van der Waals surface area contributed by atoms with Crippen LogP contribution >= 0.6 is 24.4 Å². The van der Waals surface area contributed by atoms with Crippen molar-refractivity contribution in [3.63, 3.8) is 0 Å². The summed E-state index contributed by atoms with van der Waals surface area (Å²) in [5, 5.41) is 2.56. The van der Waals surface area contributed by atoms with Gasteiger partial charge in [-0.15, -0.1) is 0 Å². The number of aliphatic imine (C=N–C) groups is 1. The summed E-state index contributed by atoms with van der Waals surface area (Å²) in [6, 6.07) is 0.353. The van der Waals surface area contributed by atoms with Crippen molar-refractivity contribution in [2.45, 2.75) is 65.8 Å². The van der Waals surface area contributed by atoms with Gasteiger partial charge < -0.3 is 0 Å². The molecule has 0 bridgehead atoms. The minimum Gasteiger partial charge on any atom is -0.229 e. The van der Waals surface area contributed by atoms with E-state index in [4.69, 9.17) is 24.4 Å². The summed E-state index contributed by atoms with van der Waals surface area (Å²) in [5.41, 5.74) is 0.699. The van der Waals surface area contributed by atoms with Crippen LogP contribution in [0.3, 0.4) is 0 Å². The number of hydrogen-bond acceptors (Lipinski definition) is 3. The van der Waals surface area contributed by atoms with Crippen LogP contribution in [0, 0.1) is 10.8 Å². The first-order chi connectivity index (χ1) is 7.76. The fourth-order valence-corrected chi connectivity index (χ4v) is 3.66. The highest BCUT2D eigenvalue weighted by molar-refractivity contribution is 7.80. The summed E-state index contributed by atoms with van der Waals surface area (Å²) in [6.45, 7) is 9.08. The Kier molecular flexibility index (Phi) is 5.00. The Morgan fingerprint density at radius 2 is 2.00 bits per heavy atom. The molecular formula is C14H23NS2. The largest absolute Gasteiger partial charge is 0.229 e. The lowest BCUT2D eigenvalue weighted by Crippen LogP contribution is -2.37. The van der Waals surface area contributed by atoms with Gasteiger partial charge in [-0.2, -0.15) is 0 Å². The van der Waals surface area contributed by atoms with E-state index < -0.39 is 0 Å². The molecule has 3 heteroatoms. The Morgan fingerprint density at radius 1 is 1.35 bits per heavy atom. The van der Waals surface area contributed by atoms with E-state index in [2.05, 4.69) is 30.9 Å². The van der Waals surface area contributed by atoms with Crippen LogP contribution in [-0.4, -0.2) is 16.1 Å². The van der Waals surface area contributed by atoms with Gasteiger partial charge >= 0.3 is 0 Å². The molecule has 1 nitrogen and oxygen atoms in total. The maximum absolute atomic E-state index is 5.20. The third-order valence-electron chi connectivity index (χ3n) is 3.74. The average molecular weight is 269 g/mol. The molecular weight excluding hydrogens is 246 g/mol. The lowest BCUT2D eigenvalue weighted by atomic mass is 9.61. The molecule has 1 rings (SSSR count). The maximum atomic E-state index is 5.20. The summed E-state index contributed by atoms with van der Waals surface area (Å²) >= 11 is 9.95. The van der Waals surface area contributed by atoms with E-state index in [0.717, 1.165) is 24.1 Å². The van der Waals surface area contributed by atoms with E-state index in [0.29, 0.717) is 16.9 Å². The molecule has 96 valence electrons. The standard InChI is InChI=1S/C14H23NS2/c1-11(17)5-6-14(4)8-12(15-10-16)7-13(2,3)9-14/h12H,5-9H2,1-4H3. The fraction of sp³-hybridized carbons (Fsp3) is 0.857. The van der Waals surface area contributed by atoms with Crippen LogP contribution in [0.2, 0.25) is 0 Å². The highest BCUT2D eigenvalue weighted by atomic mass is 32.1. The van der Waals surface area contributed by atoms with Crippen molar-refractivity contribution in [2.75, 3.05) is 0 Å². The minimum atomic E-state index is 0.349. The Morgan fingerprint density at radius 3 is 2.53 bits per heavy atom. The number of isothiocyanates is 1. The van der Waals surface area contributed by atoms with Crippen LogP contribution in [0.1, 0.15) is 59.8 Å². The van der Waals surface area contributed by atoms with Gasteiger partial charge in [0, 0.05) is 0 Å². The Hall–Kier alpha value is -0.110. The van der Waals surface area contributed by atoms with Crippen LogP contribution in [-0.2, 0) is 0 Å². The molecule has 0 heterocycles. The van der Waals surface area contributed by atoms with Gasteiger partial charge in [-0.1, -0.05) is 33.0 Å². The first-order valence-electron chi connectivity index (χ1n) is 6.33. The third kappa shape index (κ3) is 4.95. The van der Waals surface area contributed by atoms with E-state index >= 15 is 0 Å². The monoisotopic (exact) mass is 269 g/mol. The van der Waals surface area contributed by atoms with E-state index in [1.165, 1.54) is 12.8 Å². The summed E-state index contributed by atoms with van der Waals surface area (Å²) in [7, 11) is 0. The van der Waals surface area contributed by atoms with Crippen molar-refractivity contribution in [3.05, 3.63) is 0 Å².